The fourth-order valence-electron chi connectivity index (χ4n) is 2.24. The summed E-state index contributed by atoms with van der Waals surface area (Å²) < 4.78 is 13.6. The predicted octanol–water partition coefficient (Wildman–Crippen LogP) is 2.89. The summed E-state index contributed by atoms with van der Waals surface area (Å²) in [5.74, 6) is -0.372. The zero-order chi connectivity index (χ0) is 15.6. The fraction of sp³-hybridized carbons (Fsp3) is 0.417. The van der Waals surface area contributed by atoms with Crippen molar-refractivity contribution in [3.8, 4) is 0 Å². The molecule has 1 aliphatic rings. The summed E-state index contributed by atoms with van der Waals surface area (Å²) in [4.78, 5) is 23.1. The highest BCUT2D eigenvalue weighted by Crippen LogP contribution is 2.36. The molecule has 1 aliphatic heterocycles. The third-order valence-corrected chi connectivity index (χ3v) is 4.86. The first-order valence-electron chi connectivity index (χ1n) is 6.09. The van der Waals surface area contributed by atoms with Gasteiger partial charge in [0.1, 0.15) is 11.5 Å². The van der Waals surface area contributed by atoms with Gasteiger partial charge in [-0.25, -0.2) is 4.39 Å². The zero-order valence-electron chi connectivity index (χ0n) is 10.8. The van der Waals surface area contributed by atoms with Crippen molar-refractivity contribution in [2.75, 3.05) is 23.0 Å². The molecular weight excluding hydrogens is 367 g/mol. The van der Waals surface area contributed by atoms with E-state index in [-0.39, 0.29) is 28.3 Å². The molecule has 6 nitrogen and oxygen atoms in total. The van der Waals surface area contributed by atoms with E-state index in [1.165, 1.54) is 6.07 Å². The van der Waals surface area contributed by atoms with Crippen molar-refractivity contribution in [3.63, 3.8) is 0 Å². The number of nitro benzene ring substituents is 1. The highest BCUT2D eigenvalue weighted by Gasteiger charge is 2.30. The Morgan fingerprint density at radius 1 is 1.62 bits per heavy atom. The van der Waals surface area contributed by atoms with Gasteiger partial charge in [0.2, 0.25) is 0 Å². The number of nitrogens with zero attached hydrogens (tertiary/aromatic N) is 2. The van der Waals surface area contributed by atoms with Crippen molar-refractivity contribution < 1.29 is 19.2 Å². The van der Waals surface area contributed by atoms with Crippen LogP contribution in [0.3, 0.4) is 0 Å². The quantitative estimate of drug-likeness (QED) is 0.640. The molecule has 21 heavy (non-hydrogen) atoms. The molecule has 0 aromatic heterocycles. The van der Waals surface area contributed by atoms with Crippen molar-refractivity contribution in [2.24, 2.45) is 0 Å². The van der Waals surface area contributed by atoms with E-state index in [9.17, 15) is 19.3 Å². The topological polar surface area (TPSA) is 83.7 Å². The normalized spacial score (nSPS) is 18.6. The van der Waals surface area contributed by atoms with Gasteiger partial charge in [0, 0.05) is 24.1 Å². The Hall–Kier alpha value is -1.35. The van der Waals surface area contributed by atoms with Crippen LogP contribution < -0.4 is 4.90 Å². The lowest BCUT2D eigenvalue weighted by Crippen LogP contribution is -2.44. The molecule has 0 amide bonds. The molecule has 1 N–H and O–H groups in total. The summed E-state index contributed by atoms with van der Waals surface area (Å²) >= 11 is 4.63. The minimum atomic E-state index is -0.962. The van der Waals surface area contributed by atoms with Gasteiger partial charge < -0.3 is 10.0 Å². The van der Waals surface area contributed by atoms with Crippen molar-refractivity contribution in [2.45, 2.75) is 12.5 Å². The van der Waals surface area contributed by atoms with Crippen LogP contribution in [0.2, 0.25) is 0 Å². The lowest BCUT2D eigenvalue weighted by Gasteiger charge is -2.36. The van der Waals surface area contributed by atoms with Gasteiger partial charge >= 0.3 is 5.97 Å². The number of halogens is 2. The third kappa shape index (κ3) is 3.65. The van der Waals surface area contributed by atoms with Crippen LogP contribution in [0.25, 0.3) is 0 Å². The molecule has 1 fully saturated rings. The van der Waals surface area contributed by atoms with E-state index in [0.29, 0.717) is 12.3 Å². The Labute approximate surface area is 132 Å². The number of thioether (sulfide) groups is 1. The number of hydrogen-bond acceptors (Lipinski definition) is 5. The minimum absolute atomic E-state index is 0.112. The Morgan fingerprint density at radius 2 is 2.33 bits per heavy atom. The number of benzene rings is 1. The van der Waals surface area contributed by atoms with Crippen LogP contribution >= 0.6 is 27.7 Å². The summed E-state index contributed by atoms with van der Waals surface area (Å²) in [6.45, 7) is 0.488. The number of carboxylic acids is 1. The summed E-state index contributed by atoms with van der Waals surface area (Å²) in [5.41, 5.74) is -0.0992. The summed E-state index contributed by atoms with van der Waals surface area (Å²) in [6.07, 6.45) is -0.112. The van der Waals surface area contributed by atoms with E-state index in [1.807, 2.05) is 0 Å². The molecule has 0 spiro atoms. The van der Waals surface area contributed by atoms with Gasteiger partial charge in [-0.1, -0.05) is 0 Å². The van der Waals surface area contributed by atoms with Crippen molar-refractivity contribution in [3.05, 3.63) is 32.5 Å². The van der Waals surface area contributed by atoms with Crippen LogP contribution in [0.5, 0.6) is 0 Å². The van der Waals surface area contributed by atoms with Crippen LogP contribution in [0, 0.1) is 15.9 Å². The van der Waals surface area contributed by atoms with Crippen LogP contribution in [0.15, 0.2) is 16.6 Å². The van der Waals surface area contributed by atoms with Crippen molar-refractivity contribution >= 4 is 45.0 Å². The van der Waals surface area contributed by atoms with Gasteiger partial charge in [-0.3, -0.25) is 14.9 Å². The molecule has 1 aromatic carbocycles. The molecule has 1 aromatic rings. The Kier molecular flexibility index (Phi) is 5.04. The average Bonchev–Trinajstić information content (AvgIpc) is 2.41. The first kappa shape index (κ1) is 16.0. The molecule has 1 saturated heterocycles. The molecule has 2 rings (SSSR count). The smallest absolute Gasteiger partial charge is 0.305 e. The minimum Gasteiger partial charge on any atom is -0.481 e. The molecule has 1 unspecified atom stereocenters. The zero-order valence-corrected chi connectivity index (χ0v) is 13.2. The Balaban J connectivity index is 2.44. The fourth-order valence-corrected chi connectivity index (χ4v) is 3.64. The molecule has 9 heteroatoms. The second-order valence-electron chi connectivity index (χ2n) is 4.53. The highest BCUT2D eigenvalue weighted by atomic mass is 79.9. The number of aliphatic carboxylic acids is 1. The average molecular weight is 379 g/mol. The van der Waals surface area contributed by atoms with Crippen LogP contribution in [0.4, 0.5) is 15.8 Å². The Morgan fingerprint density at radius 3 is 2.95 bits per heavy atom. The molecule has 0 bridgehead atoms. The second-order valence-corrected chi connectivity index (χ2v) is 6.54. The van der Waals surface area contributed by atoms with E-state index in [4.69, 9.17) is 5.11 Å². The van der Waals surface area contributed by atoms with E-state index >= 15 is 0 Å². The number of hydrogen-bond donors (Lipinski definition) is 1. The largest absolute Gasteiger partial charge is 0.481 e. The maximum absolute atomic E-state index is 13.5. The first-order chi connectivity index (χ1) is 9.90. The molecule has 1 heterocycles. The van der Waals surface area contributed by atoms with Crippen LogP contribution in [-0.4, -0.2) is 40.1 Å². The second kappa shape index (κ2) is 6.61. The first-order valence-corrected chi connectivity index (χ1v) is 8.04. The monoisotopic (exact) mass is 378 g/mol. The third-order valence-electron chi connectivity index (χ3n) is 3.16. The standard InChI is InChI=1S/C12H12BrFN2O4S/c13-8-4-10(11(16(19)20)5-9(8)14)15-1-2-21-6-7(15)3-12(17)18/h4-5,7H,1-3,6H2,(H,17,18). The Bertz CT molecular complexity index is 587. The van der Waals surface area contributed by atoms with Crippen molar-refractivity contribution in [1.82, 2.24) is 0 Å². The molecule has 0 aliphatic carbocycles. The number of rotatable bonds is 4. The SMILES string of the molecule is O=C(O)CC1CSCCN1c1cc(Br)c(F)cc1[N+](=O)[O-]. The number of anilines is 1. The highest BCUT2D eigenvalue weighted by molar-refractivity contribution is 9.10. The van der Waals surface area contributed by atoms with E-state index < -0.39 is 16.7 Å². The number of nitro groups is 1. The molecular formula is C12H12BrFN2O4S. The number of carboxylic acid groups (broad SMARTS) is 1. The maximum Gasteiger partial charge on any atom is 0.305 e. The predicted molar refractivity (Wildman–Crippen MR) is 81.5 cm³/mol. The van der Waals surface area contributed by atoms with Crippen LogP contribution in [-0.2, 0) is 4.79 Å². The molecule has 114 valence electrons. The lowest BCUT2D eigenvalue weighted by atomic mass is 10.1. The van der Waals surface area contributed by atoms with Gasteiger partial charge in [-0.15, -0.1) is 0 Å². The summed E-state index contributed by atoms with van der Waals surface area (Å²) in [6, 6.07) is 1.86. The van der Waals surface area contributed by atoms with Gasteiger partial charge in [0.15, 0.2) is 0 Å². The summed E-state index contributed by atoms with van der Waals surface area (Å²) in [5, 5.41) is 20.1. The van der Waals surface area contributed by atoms with Crippen LogP contribution in [0.1, 0.15) is 6.42 Å². The lowest BCUT2D eigenvalue weighted by molar-refractivity contribution is -0.384. The molecule has 0 saturated carbocycles. The van der Waals surface area contributed by atoms with Gasteiger partial charge in [0.25, 0.3) is 5.69 Å². The van der Waals surface area contributed by atoms with Crippen molar-refractivity contribution in [1.29, 1.82) is 0 Å². The summed E-state index contributed by atoms with van der Waals surface area (Å²) in [7, 11) is 0. The van der Waals surface area contributed by atoms with Gasteiger partial charge in [0.05, 0.1) is 21.9 Å². The van der Waals surface area contributed by atoms with E-state index in [0.717, 1.165) is 11.8 Å². The maximum atomic E-state index is 13.5. The number of carbonyl (C=O) groups is 1. The van der Waals surface area contributed by atoms with Gasteiger partial charge in [-0.05, 0) is 22.0 Å². The van der Waals surface area contributed by atoms with E-state index in [1.54, 1.807) is 16.7 Å². The molecule has 0 radical (unpaired) electrons. The van der Waals surface area contributed by atoms with E-state index in [2.05, 4.69) is 15.9 Å². The van der Waals surface area contributed by atoms with Gasteiger partial charge in [-0.2, -0.15) is 11.8 Å². The molecule has 1 atom stereocenters.